The summed E-state index contributed by atoms with van der Waals surface area (Å²) in [6.45, 7) is 4.32. The molecular weight excluding hydrogens is 210 g/mol. The summed E-state index contributed by atoms with van der Waals surface area (Å²) in [6, 6.07) is 3.68. The Morgan fingerprint density at radius 2 is 2.40 bits per heavy atom. The summed E-state index contributed by atoms with van der Waals surface area (Å²) in [5.74, 6) is 0.0371. The van der Waals surface area contributed by atoms with Gasteiger partial charge in [0.15, 0.2) is 5.84 Å². The number of thioether (sulfide) groups is 1. The van der Waals surface area contributed by atoms with E-state index in [9.17, 15) is 0 Å². The lowest BCUT2D eigenvalue weighted by Gasteiger charge is -2.07. The molecule has 0 aliphatic carbocycles. The van der Waals surface area contributed by atoms with Gasteiger partial charge in [-0.2, -0.15) is 0 Å². The van der Waals surface area contributed by atoms with E-state index in [1.807, 2.05) is 6.07 Å². The first-order chi connectivity index (χ1) is 7.17. The van der Waals surface area contributed by atoms with Crippen LogP contribution in [0.5, 0.6) is 0 Å². The Morgan fingerprint density at radius 1 is 1.67 bits per heavy atom. The molecule has 15 heavy (non-hydrogen) atoms. The first-order valence-electron chi connectivity index (χ1n) is 4.78. The number of amidine groups is 1. The molecule has 1 aromatic heterocycles. The lowest BCUT2D eigenvalue weighted by molar-refractivity contribution is 0.318. The molecule has 0 spiro atoms. The quantitative estimate of drug-likeness (QED) is 0.270. The Balaban J connectivity index is 2.72. The van der Waals surface area contributed by atoms with Gasteiger partial charge in [0, 0.05) is 16.3 Å². The topological polar surface area (TPSA) is 71.5 Å². The van der Waals surface area contributed by atoms with Crippen molar-refractivity contribution in [2.24, 2.45) is 10.9 Å². The van der Waals surface area contributed by atoms with Crippen molar-refractivity contribution >= 4 is 17.6 Å². The van der Waals surface area contributed by atoms with Gasteiger partial charge in [-0.15, -0.1) is 11.8 Å². The van der Waals surface area contributed by atoms with Gasteiger partial charge in [-0.25, -0.2) is 0 Å². The maximum atomic E-state index is 8.46. The molecule has 0 radical (unpaired) electrons. The molecule has 0 saturated heterocycles. The van der Waals surface area contributed by atoms with Crippen LogP contribution in [-0.2, 0) is 0 Å². The minimum absolute atomic E-state index is 0.0371. The van der Waals surface area contributed by atoms with Crippen molar-refractivity contribution in [3.05, 3.63) is 24.0 Å². The van der Waals surface area contributed by atoms with Crippen molar-refractivity contribution in [1.82, 2.24) is 4.98 Å². The summed E-state index contributed by atoms with van der Waals surface area (Å²) in [6.07, 6.45) is 2.86. The zero-order chi connectivity index (χ0) is 11.3. The smallest absolute Gasteiger partial charge is 0.188 e. The summed E-state index contributed by atoms with van der Waals surface area (Å²) in [7, 11) is 0. The SMILES string of the molecule is CCC(C)Sc1ccc(/C(N)=N/O)nc1. The third-order valence-electron chi connectivity index (χ3n) is 2.02. The van der Waals surface area contributed by atoms with Crippen LogP contribution in [0.3, 0.4) is 0 Å². The van der Waals surface area contributed by atoms with E-state index in [1.54, 1.807) is 24.0 Å². The summed E-state index contributed by atoms with van der Waals surface area (Å²) in [5.41, 5.74) is 5.89. The molecule has 1 rings (SSSR count). The largest absolute Gasteiger partial charge is 0.409 e. The molecule has 1 atom stereocenters. The van der Waals surface area contributed by atoms with E-state index in [-0.39, 0.29) is 5.84 Å². The number of nitrogens with zero attached hydrogens (tertiary/aromatic N) is 2. The monoisotopic (exact) mass is 225 g/mol. The van der Waals surface area contributed by atoms with Crippen molar-refractivity contribution in [3.8, 4) is 0 Å². The van der Waals surface area contributed by atoms with E-state index in [0.29, 0.717) is 10.9 Å². The van der Waals surface area contributed by atoms with E-state index in [0.717, 1.165) is 11.3 Å². The molecule has 3 N–H and O–H groups in total. The Labute approximate surface area is 93.6 Å². The molecule has 0 aliphatic heterocycles. The normalized spacial score (nSPS) is 13.9. The van der Waals surface area contributed by atoms with Gasteiger partial charge in [0.1, 0.15) is 5.69 Å². The highest BCUT2D eigenvalue weighted by Gasteiger charge is 2.04. The highest BCUT2D eigenvalue weighted by Crippen LogP contribution is 2.23. The van der Waals surface area contributed by atoms with Crippen molar-refractivity contribution < 1.29 is 5.21 Å². The van der Waals surface area contributed by atoms with Gasteiger partial charge < -0.3 is 10.9 Å². The molecule has 1 heterocycles. The second-order valence-electron chi connectivity index (χ2n) is 3.20. The van der Waals surface area contributed by atoms with Gasteiger partial charge in [-0.3, -0.25) is 4.98 Å². The average Bonchev–Trinajstić information content (AvgIpc) is 2.29. The molecule has 5 heteroatoms. The van der Waals surface area contributed by atoms with Gasteiger partial charge in [0.05, 0.1) is 0 Å². The number of nitrogens with two attached hydrogens (primary N) is 1. The van der Waals surface area contributed by atoms with Crippen LogP contribution >= 0.6 is 11.8 Å². The highest BCUT2D eigenvalue weighted by molar-refractivity contribution is 7.99. The van der Waals surface area contributed by atoms with Crippen molar-refractivity contribution in [2.45, 2.75) is 30.4 Å². The zero-order valence-corrected chi connectivity index (χ0v) is 9.66. The summed E-state index contributed by atoms with van der Waals surface area (Å²) in [4.78, 5) is 5.20. The standard InChI is InChI=1S/C10H15N3OS/c1-3-7(2)15-8-4-5-9(12-6-8)10(11)13-14/h4-7,14H,3H2,1-2H3,(H2,11,13). The van der Waals surface area contributed by atoms with Gasteiger partial charge in [-0.1, -0.05) is 19.0 Å². The summed E-state index contributed by atoms with van der Waals surface area (Å²) < 4.78 is 0. The fourth-order valence-corrected chi connectivity index (χ4v) is 1.86. The molecule has 82 valence electrons. The van der Waals surface area contributed by atoms with Gasteiger partial charge in [0.25, 0.3) is 0 Å². The number of hydrogen-bond acceptors (Lipinski definition) is 4. The number of pyridine rings is 1. The second-order valence-corrected chi connectivity index (χ2v) is 4.71. The molecular formula is C10H15N3OS. The number of rotatable bonds is 4. The minimum atomic E-state index is 0.0371. The number of aromatic nitrogens is 1. The Morgan fingerprint density at radius 3 is 2.87 bits per heavy atom. The maximum Gasteiger partial charge on any atom is 0.188 e. The number of oxime groups is 1. The van der Waals surface area contributed by atoms with Crippen LogP contribution in [0, 0.1) is 0 Å². The van der Waals surface area contributed by atoms with E-state index in [4.69, 9.17) is 10.9 Å². The molecule has 1 unspecified atom stereocenters. The lowest BCUT2D eigenvalue weighted by Crippen LogP contribution is -2.14. The molecule has 0 saturated carbocycles. The molecule has 0 aromatic carbocycles. The molecule has 0 bridgehead atoms. The fourth-order valence-electron chi connectivity index (χ4n) is 0.968. The third-order valence-corrected chi connectivity index (χ3v) is 3.27. The van der Waals surface area contributed by atoms with E-state index in [2.05, 4.69) is 24.0 Å². The second kappa shape index (κ2) is 5.60. The minimum Gasteiger partial charge on any atom is -0.409 e. The van der Waals surface area contributed by atoms with Gasteiger partial charge in [0.2, 0.25) is 0 Å². The van der Waals surface area contributed by atoms with E-state index < -0.39 is 0 Å². The average molecular weight is 225 g/mol. The van der Waals surface area contributed by atoms with Crippen molar-refractivity contribution in [3.63, 3.8) is 0 Å². The van der Waals surface area contributed by atoms with Crippen molar-refractivity contribution in [2.75, 3.05) is 0 Å². The predicted molar refractivity (Wildman–Crippen MR) is 62.4 cm³/mol. The van der Waals surface area contributed by atoms with Crippen LogP contribution in [0.2, 0.25) is 0 Å². The first-order valence-corrected chi connectivity index (χ1v) is 5.66. The molecule has 0 amide bonds. The Bertz CT molecular complexity index is 337. The van der Waals surface area contributed by atoms with Gasteiger partial charge in [-0.05, 0) is 18.6 Å². The van der Waals surface area contributed by atoms with E-state index >= 15 is 0 Å². The maximum absolute atomic E-state index is 8.46. The predicted octanol–water partition coefficient (Wildman–Crippen LogP) is 2.07. The molecule has 0 fully saturated rings. The first kappa shape index (κ1) is 11.8. The Kier molecular flexibility index (Phi) is 4.42. The van der Waals surface area contributed by atoms with Crippen LogP contribution in [0.4, 0.5) is 0 Å². The van der Waals surface area contributed by atoms with Crippen LogP contribution in [0.1, 0.15) is 26.0 Å². The molecule has 0 aliphatic rings. The summed E-state index contributed by atoms with van der Waals surface area (Å²) >= 11 is 1.77. The lowest BCUT2D eigenvalue weighted by atomic mass is 10.3. The highest BCUT2D eigenvalue weighted by atomic mass is 32.2. The molecule has 1 aromatic rings. The van der Waals surface area contributed by atoms with Crippen LogP contribution in [0.25, 0.3) is 0 Å². The van der Waals surface area contributed by atoms with Gasteiger partial charge >= 0.3 is 0 Å². The van der Waals surface area contributed by atoms with Crippen molar-refractivity contribution in [1.29, 1.82) is 0 Å². The van der Waals surface area contributed by atoms with Crippen LogP contribution in [-0.4, -0.2) is 21.3 Å². The summed E-state index contributed by atoms with van der Waals surface area (Å²) in [5, 5.41) is 11.9. The number of hydrogen-bond donors (Lipinski definition) is 2. The third kappa shape index (κ3) is 3.43. The van der Waals surface area contributed by atoms with Crippen LogP contribution < -0.4 is 5.73 Å². The fraction of sp³-hybridized carbons (Fsp3) is 0.400. The molecule has 4 nitrogen and oxygen atoms in total. The van der Waals surface area contributed by atoms with E-state index in [1.165, 1.54) is 0 Å². The zero-order valence-electron chi connectivity index (χ0n) is 8.84. The van der Waals surface area contributed by atoms with Crippen LogP contribution in [0.15, 0.2) is 28.4 Å². The Hall–Kier alpha value is -1.23.